The molecule has 5 heteroatoms. The zero-order valence-corrected chi connectivity index (χ0v) is 8.11. The summed E-state index contributed by atoms with van der Waals surface area (Å²) >= 11 is 0. The molecule has 2 N–H and O–H groups in total. The molecule has 76 valence electrons. The predicted molar refractivity (Wildman–Crippen MR) is 53.4 cm³/mol. The van der Waals surface area contributed by atoms with Gasteiger partial charge in [0.15, 0.2) is 0 Å². The molecule has 0 unspecified atom stereocenters. The summed E-state index contributed by atoms with van der Waals surface area (Å²) in [6.07, 6.45) is 0. The summed E-state index contributed by atoms with van der Waals surface area (Å²) in [5, 5.41) is 10.6. The summed E-state index contributed by atoms with van der Waals surface area (Å²) in [4.78, 5) is 10.0. The monoisotopic (exact) mass is 196 g/mol. The van der Waals surface area contributed by atoms with E-state index in [1.165, 1.54) is 6.07 Å². The zero-order valence-electron chi connectivity index (χ0n) is 8.11. The highest BCUT2D eigenvalue weighted by molar-refractivity contribution is 5.63. The molecule has 0 fully saturated rings. The lowest BCUT2D eigenvalue weighted by Crippen LogP contribution is -2.00. The van der Waals surface area contributed by atoms with E-state index in [1.807, 2.05) is 6.92 Å². The van der Waals surface area contributed by atoms with Gasteiger partial charge < -0.3 is 10.5 Å². The minimum absolute atomic E-state index is 0.112. The van der Waals surface area contributed by atoms with E-state index in [-0.39, 0.29) is 11.4 Å². The Labute approximate surface area is 81.6 Å². The Morgan fingerprint density at radius 1 is 1.57 bits per heavy atom. The number of nitrogen functional groups attached to an aromatic ring is 1. The maximum absolute atomic E-state index is 10.6. The second-order valence-electron chi connectivity index (χ2n) is 2.87. The van der Waals surface area contributed by atoms with E-state index in [4.69, 9.17) is 10.5 Å². The number of nitro benzene ring substituents is 1. The van der Waals surface area contributed by atoms with Crippen molar-refractivity contribution in [1.82, 2.24) is 0 Å². The number of benzene rings is 1. The molecule has 0 aromatic heterocycles. The molecule has 0 atom stereocenters. The number of nitrogens with two attached hydrogens (primary N) is 1. The molecular formula is C9H12N2O3. The second kappa shape index (κ2) is 3.95. The summed E-state index contributed by atoms with van der Waals surface area (Å²) in [5.41, 5.74) is 6.34. The maximum atomic E-state index is 10.6. The van der Waals surface area contributed by atoms with Crippen molar-refractivity contribution in [3.05, 3.63) is 27.8 Å². The Bertz CT molecular complexity index is 363. The summed E-state index contributed by atoms with van der Waals surface area (Å²) in [5.74, 6) is 0.508. The lowest BCUT2D eigenvalue weighted by atomic mass is 10.2. The lowest BCUT2D eigenvalue weighted by Gasteiger charge is -2.07. The van der Waals surface area contributed by atoms with Crippen LogP contribution in [0.2, 0.25) is 0 Å². The molecule has 0 heterocycles. The topological polar surface area (TPSA) is 78.4 Å². The Kier molecular flexibility index (Phi) is 2.91. The summed E-state index contributed by atoms with van der Waals surface area (Å²) in [6.45, 7) is 4.09. The van der Waals surface area contributed by atoms with Crippen LogP contribution in [-0.4, -0.2) is 11.5 Å². The van der Waals surface area contributed by atoms with Crippen LogP contribution in [0.1, 0.15) is 12.5 Å². The number of nitro groups is 1. The molecule has 14 heavy (non-hydrogen) atoms. The van der Waals surface area contributed by atoms with Crippen molar-refractivity contribution in [2.45, 2.75) is 13.8 Å². The standard InChI is InChI=1S/C9H12N2O3/c1-3-14-9-5-8(11(12)13)7(10)4-6(9)2/h4-5H,3,10H2,1-2H3. The number of nitrogens with zero attached hydrogens (tertiary/aromatic N) is 1. The van der Waals surface area contributed by atoms with Crippen molar-refractivity contribution in [3.8, 4) is 5.75 Å². The highest BCUT2D eigenvalue weighted by Crippen LogP contribution is 2.30. The fourth-order valence-corrected chi connectivity index (χ4v) is 1.17. The van der Waals surface area contributed by atoms with Gasteiger partial charge in [-0.3, -0.25) is 10.1 Å². The van der Waals surface area contributed by atoms with Crippen LogP contribution in [0.25, 0.3) is 0 Å². The molecule has 5 nitrogen and oxygen atoms in total. The first-order valence-corrected chi connectivity index (χ1v) is 4.23. The molecule has 1 aromatic rings. The number of anilines is 1. The van der Waals surface area contributed by atoms with E-state index in [2.05, 4.69) is 0 Å². The minimum Gasteiger partial charge on any atom is -0.493 e. The van der Waals surface area contributed by atoms with Crippen molar-refractivity contribution in [1.29, 1.82) is 0 Å². The van der Waals surface area contributed by atoms with Gasteiger partial charge >= 0.3 is 0 Å². The molecule has 0 aliphatic carbocycles. The number of hydrogen-bond acceptors (Lipinski definition) is 4. The molecule has 0 spiro atoms. The predicted octanol–water partition coefficient (Wildman–Crippen LogP) is 1.88. The molecule has 1 aromatic carbocycles. The van der Waals surface area contributed by atoms with Crippen LogP contribution in [-0.2, 0) is 0 Å². The lowest BCUT2D eigenvalue weighted by molar-refractivity contribution is -0.384. The molecule has 0 saturated heterocycles. The van der Waals surface area contributed by atoms with Gasteiger partial charge in [0.25, 0.3) is 5.69 Å². The molecule has 0 radical (unpaired) electrons. The first-order valence-electron chi connectivity index (χ1n) is 4.23. The van der Waals surface area contributed by atoms with Crippen molar-refractivity contribution in [2.75, 3.05) is 12.3 Å². The van der Waals surface area contributed by atoms with Gasteiger partial charge in [0, 0.05) is 0 Å². The van der Waals surface area contributed by atoms with Crippen molar-refractivity contribution in [3.63, 3.8) is 0 Å². The Hall–Kier alpha value is -1.78. The SMILES string of the molecule is CCOc1cc([N+](=O)[O-])c(N)cc1C. The van der Waals surface area contributed by atoms with Gasteiger partial charge in [-0.25, -0.2) is 0 Å². The molecule has 1 rings (SSSR count). The number of hydrogen-bond donors (Lipinski definition) is 1. The van der Waals surface area contributed by atoms with Gasteiger partial charge in [0.2, 0.25) is 0 Å². The van der Waals surface area contributed by atoms with Crippen LogP contribution in [0.5, 0.6) is 5.75 Å². The largest absolute Gasteiger partial charge is 0.493 e. The normalized spacial score (nSPS) is 9.86. The number of rotatable bonds is 3. The molecule has 0 aliphatic heterocycles. The Balaban J connectivity index is 3.20. The van der Waals surface area contributed by atoms with E-state index in [0.717, 1.165) is 5.56 Å². The summed E-state index contributed by atoms with van der Waals surface area (Å²) in [7, 11) is 0. The van der Waals surface area contributed by atoms with E-state index in [0.29, 0.717) is 12.4 Å². The first kappa shape index (κ1) is 10.3. The quantitative estimate of drug-likeness (QED) is 0.454. The third-order valence-corrected chi connectivity index (χ3v) is 1.82. The summed E-state index contributed by atoms with van der Waals surface area (Å²) < 4.78 is 5.22. The Morgan fingerprint density at radius 2 is 2.21 bits per heavy atom. The minimum atomic E-state index is -0.517. The number of ether oxygens (including phenoxy) is 1. The van der Waals surface area contributed by atoms with Gasteiger partial charge in [-0.05, 0) is 25.5 Å². The highest BCUT2D eigenvalue weighted by Gasteiger charge is 2.14. The maximum Gasteiger partial charge on any atom is 0.295 e. The van der Waals surface area contributed by atoms with Crippen molar-refractivity contribution < 1.29 is 9.66 Å². The van der Waals surface area contributed by atoms with Gasteiger partial charge in [0.05, 0.1) is 17.6 Å². The van der Waals surface area contributed by atoms with Gasteiger partial charge in [-0.15, -0.1) is 0 Å². The Morgan fingerprint density at radius 3 is 2.71 bits per heavy atom. The molecule has 0 amide bonds. The van der Waals surface area contributed by atoms with Gasteiger partial charge in [0.1, 0.15) is 11.4 Å². The molecule has 0 saturated carbocycles. The van der Waals surface area contributed by atoms with Crippen LogP contribution in [0, 0.1) is 17.0 Å². The van der Waals surface area contributed by atoms with E-state index in [1.54, 1.807) is 13.0 Å². The van der Waals surface area contributed by atoms with E-state index < -0.39 is 4.92 Å². The van der Waals surface area contributed by atoms with Gasteiger partial charge in [-0.1, -0.05) is 0 Å². The zero-order chi connectivity index (χ0) is 10.7. The molecule has 0 aliphatic rings. The van der Waals surface area contributed by atoms with E-state index >= 15 is 0 Å². The fourth-order valence-electron chi connectivity index (χ4n) is 1.17. The van der Waals surface area contributed by atoms with Crippen molar-refractivity contribution >= 4 is 11.4 Å². The van der Waals surface area contributed by atoms with Crippen LogP contribution in [0.4, 0.5) is 11.4 Å². The average Bonchev–Trinajstić information content (AvgIpc) is 2.09. The summed E-state index contributed by atoms with van der Waals surface area (Å²) in [6, 6.07) is 2.90. The van der Waals surface area contributed by atoms with Gasteiger partial charge in [-0.2, -0.15) is 0 Å². The smallest absolute Gasteiger partial charge is 0.295 e. The van der Waals surface area contributed by atoms with Crippen LogP contribution < -0.4 is 10.5 Å². The number of aryl methyl sites for hydroxylation is 1. The first-order chi connectivity index (χ1) is 6.56. The van der Waals surface area contributed by atoms with Crippen LogP contribution in [0.3, 0.4) is 0 Å². The molecular weight excluding hydrogens is 184 g/mol. The third-order valence-electron chi connectivity index (χ3n) is 1.82. The molecule has 0 bridgehead atoms. The van der Waals surface area contributed by atoms with Crippen LogP contribution >= 0.6 is 0 Å². The fraction of sp³-hybridized carbons (Fsp3) is 0.333. The third kappa shape index (κ3) is 1.93. The van der Waals surface area contributed by atoms with E-state index in [9.17, 15) is 10.1 Å². The average molecular weight is 196 g/mol. The van der Waals surface area contributed by atoms with Crippen LogP contribution in [0.15, 0.2) is 12.1 Å². The highest BCUT2D eigenvalue weighted by atomic mass is 16.6. The van der Waals surface area contributed by atoms with Crippen molar-refractivity contribution in [2.24, 2.45) is 0 Å². The second-order valence-corrected chi connectivity index (χ2v) is 2.87.